The minimum Gasteiger partial charge on any atom is -0.255 e. The molecule has 108 valence electrons. The summed E-state index contributed by atoms with van der Waals surface area (Å²) in [4.78, 5) is 4.48. The van der Waals surface area contributed by atoms with Crippen LogP contribution in [0.5, 0.6) is 0 Å². The minimum atomic E-state index is -3.62. The van der Waals surface area contributed by atoms with Gasteiger partial charge in [0.1, 0.15) is 0 Å². The van der Waals surface area contributed by atoms with Crippen molar-refractivity contribution in [1.29, 1.82) is 0 Å². The fourth-order valence-electron chi connectivity index (χ4n) is 1.73. The van der Waals surface area contributed by atoms with Gasteiger partial charge >= 0.3 is 0 Å². The number of sulfonamides is 1. The number of thiazole rings is 1. The van der Waals surface area contributed by atoms with E-state index in [1.165, 1.54) is 23.5 Å². The molecule has 1 heterocycles. The summed E-state index contributed by atoms with van der Waals surface area (Å²) in [5.74, 6) is 0. The summed E-state index contributed by atoms with van der Waals surface area (Å²) in [5.41, 5.74) is 0.761. The van der Waals surface area contributed by atoms with Crippen molar-refractivity contribution in [3.8, 4) is 0 Å². The van der Waals surface area contributed by atoms with E-state index in [4.69, 9.17) is 0 Å². The van der Waals surface area contributed by atoms with Crippen LogP contribution >= 0.6 is 43.2 Å². The number of anilines is 1. The first-order chi connectivity index (χ1) is 9.94. The zero-order chi connectivity index (χ0) is 15.0. The summed E-state index contributed by atoms with van der Waals surface area (Å²) < 4.78 is 29.8. The first-order valence-corrected chi connectivity index (χ1v) is 9.67. The highest BCUT2D eigenvalue weighted by molar-refractivity contribution is 9.10. The number of hydrogen-bond acceptors (Lipinski definition) is 4. The Labute approximate surface area is 142 Å². The molecule has 0 atom stereocenters. The SMILES string of the molecule is O=S(=O)(Nc1nc2ccc(Br)cc2s1)c1ccc(Br)cc1. The van der Waals surface area contributed by atoms with E-state index < -0.39 is 10.0 Å². The first-order valence-electron chi connectivity index (χ1n) is 5.78. The standard InChI is InChI=1S/C13H8Br2N2O2S2/c14-8-1-4-10(5-2-8)21(18,19)17-13-16-11-6-3-9(15)7-12(11)20-13/h1-7H,(H,16,17). The maximum atomic E-state index is 12.3. The van der Waals surface area contributed by atoms with Crippen molar-refractivity contribution in [3.05, 3.63) is 51.4 Å². The van der Waals surface area contributed by atoms with Crippen molar-refractivity contribution in [2.24, 2.45) is 0 Å². The number of nitrogens with one attached hydrogen (secondary N) is 1. The lowest BCUT2D eigenvalue weighted by Gasteiger charge is -2.04. The second-order valence-corrected chi connectivity index (χ2v) is 8.73. The second kappa shape index (κ2) is 5.68. The fraction of sp³-hybridized carbons (Fsp3) is 0. The van der Waals surface area contributed by atoms with Gasteiger partial charge in [-0.25, -0.2) is 13.4 Å². The molecule has 3 rings (SSSR count). The Bertz CT molecular complexity index is 906. The summed E-state index contributed by atoms with van der Waals surface area (Å²) in [6.45, 7) is 0. The van der Waals surface area contributed by atoms with Crippen LogP contribution in [0, 0.1) is 0 Å². The number of nitrogens with zero attached hydrogens (tertiary/aromatic N) is 1. The molecular weight excluding hydrogens is 440 g/mol. The van der Waals surface area contributed by atoms with Gasteiger partial charge in [-0.1, -0.05) is 43.2 Å². The van der Waals surface area contributed by atoms with Crippen molar-refractivity contribution in [1.82, 2.24) is 4.98 Å². The van der Waals surface area contributed by atoms with Gasteiger partial charge in [-0.3, -0.25) is 4.72 Å². The molecule has 8 heteroatoms. The second-order valence-electron chi connectivity index (χ2n) is 4.19. The van der Waals surface area contributed by atoms with Gasteiger partial charge in [0, 0.05) is 8.95 Å². The van der Waals surface area contributed by atoms with E-state index in [0.717, 1.165) is 19.2 Å². The number of fused-ring (bicyclic) bond motifs is 1. The number of hydrogen-bond donors (Lipinski definition) is 1. The first kappa shape index (κ1) is 15.0. The molecule has 0 aliphatic carbocycles. The molecule has 0 saturated carbocycles. The van der Waals surface area contributed by atoms with Crippen LogP contribution in [0.25, 0.3) is 10.2 Å². The Morgan fingerprint density at radius 3 is 2.38 bits per heavy atom. The van der Waals surface area contributed by atoms with E-state index in [0.29, 0.717) is 5.13 Å². The van der Waals surface area contributed by atoms with Crippen molar-refractivity contribution >= 4 is 68.6 Å². The maximum absolute atomic E-state index is 12.3. The molecule has 0 radical (unpaired) electrons. The van der Waals surface area contributed by atoms with Gasteiger partial charge < -0.3 is 0 Å². The molecule has 0 fully saturated rings. The fourth-order valence-corrected chi connectivity index (χ4v) is 4.65. The van der Waals surface area contributed by atoms with Gasteiger partial charge in [-0.2, -0.15) is 0 Å². The van der Waals surface area contributed by atoms with E-state index in [1.54, 1.807) is 12.1 Å². The smallest absolute Gasteiger partial charge is 0.255 e. The summed E-state index contributed by atoms with van der Waals surface area (Å²) >= 11 is 7.96. The monoisotopic (exact) mass is 446 g/mol. The third kappa shape index (κ3) is 3.28. The van der Waals surface area contributed by atoms with Crippen LogP contribution in [0.15, 0.2) is 56.3 Å². The normalized spacial score (nSPS) is 11.7. The van der Waals surface area contributed by atoms with Gasteiger partial charge in [-0.05, 0) is 42.5 Å². The predicted molar refractivity (Wildman–Crippen MR) is 92.3 cm³/mol. The van der Waals surface area contributed by atoms with Crippen LogP contribution in [0.1, 0.15) is 0 Å². The number of benzene rings is 2. The zero-order valence-corrected chi connectivity index (χ0v) is 15.2. The maximum Gasteiger partial charge on any atom is 0.263 e. The lowest BCUT2D eigenvalue weighted by Crippen LogP contribution is -2.12. The van der Waals surface area contributed by atoms with Crippen LogP contribution in [-0.4, -0.2) is 13.4 Å². The van der Waals surface area contributed by atoms with Gasteiger partial charge in [-0.15, -0.1) is 0 Å². The van der Waals surface area contributed by atoms with Crippen LogP contribution in [0.3, 0.4) is 0 Å². The Morgan fingerprint density at radius 2 is 1.67 bits per heavy atom. The molecule has 1 aromatic heterocycles. The summed E-state index contributed by atoms with van der Waals surface area (Å²) in [5, 5.41) is 0.353. The predicted octanol–water partition coefficient (Wildman–Crippen LogP) is 4.62. The molecule has 21 heavy (non-hydrogen) atoms. The molecule has 0 aliphatic heterocycles. The molecular formula is C13H8Br2N2O2S2. The number of rotatable bonds is 3. The Morgan fingerprint density at radius 1 is 1.00 bits per heavy atom. The van der Waals surface area contributed by atoms with Crippen molar-refractivity contribution in [2.75, 3.05) is 4.72 Å². The van der Waals surface area contributed by atoms with E-state index in [9.17, 15) is 8.42 Å². The third-order valence-electron chi connectivity index (χ3n) is 2.70. The van der Waals surface area contributed by atoms with Gasteiger partial charge in [0.15, 0.2) is 5.13 Å². The quantitative estimate of drug-likeness (QED) is 0.637. The van der Waals surface area contributed by atoms with Gasteiger partial charge in [0.25, 0.3) is 10.0 Å². The molecule has 0 spiro atoms. The zero-order valence-electron chi connectivity index (χ0n) is 10.4. The topological polar surface area (TPSA) is 59.1 Å². The van der Waals surface area contributed by atoms with Crippen LogP contribution < -0.4 is 4.72 Å². The molecule has 0 aliphatic rings. The summed E-state index contributed by atoms with van der Waals surface area (Å²) in [6.07, 6.45) is 0. The molecule has 0 amide bonds. The highest BCUT2D eigenvalue weighted by atomic mass is 79.9. The van der Waals surface area contributed by atoms with E-state index >= 15 is 0 Å². The Hall–Kier alpha value is -0.960. The average Bonchev–Trinajstić information content (AvgIpc) is 2.79. The largest absolute Gasteiger partial charge is 0.263 e. The van der Waals surface area contributed by atoms with Crippen molar-refractivity contribution in [3.63, 3.8) is 0 Å². The van der Waals surface area contributed by atoms with Gasteiger partial charge in [0.2, 0.25) is 0 Å². The minimum absolute atomic E-state index is 0.200. The highest BCUT2D eigenvalue weighted by Gasteiger charge is 2.16. The molecule has 2 aromatic carbocycles. The van der Waals surface area contributed by atoms with Crippen molar-refractivity contribution < 1.29 is 8.42 Å². The highest BCUT2D eigenvalue weighted by Crippen LogP contribution is 2.30. The van der Waals surface area contributed by atoms with Crippen LogP contribution in [0.2, 0.25) is 0 Å². The van der Waals surface area contributed by atoms with E-state index in [-0.39, 0.29) is 4.90 Å². The Balaban J connectivity index is 1.95. The van der Waals surface area contributed by atoms with Gasteiger partial charge in [0.05, 0.1) is 15.1 Å². The lowest BCUT2D eigenvalue weighted by molar-refractivity contribution is 0.601. The molecule has 0 saturated heterocycles. The average molecular weight is 448 g/mol. The molecule has 4 nitrogen and oxygen atoms in total. The molecule has 0 unspecified atom stereocenters. The Kier molecular flexibility index (Phi) is 4.04. The molecule has 3 aromatic rings. The number of halogens is 2. The van der Waals surface area contributed by atoms with Crippen molar-refractivity contribution in [2.45, 2.75) is 4.90 Å². The molecule has 0 bridgehead atoms. The number of aromatic nitrogens is 1. The summed E-state index contributed by atoms with van der Waals surface area (Å²) in [7, 11) is -3.62. The molecule has 1 N–H and O–H groups in total. The van der Waals surface area contributed by atoms with Crippen LogP contribution in [-0.2, 0) is 10.0 Å². The summed E-state index contributed by atoms with van der Waals surface area (Å²) in [6, 6.07) is 12.1. The lowest BCUT2D eigenvalue weighted by atomic mass is 10.3. The third-order valence-corrected chi connectivity index (χ3v) is 6.14. The van der Waals surface area contributed by atoms with E-state index in [2.05, 4.69) is 41.6 Å². The van der Waals surface area contributed by atoms with E-state index in [1.807, 2.05) is 18.2 Å². The van der Waals surface area contributed by atoms with Crippen LogP contribution in [0.4, 0.5) is 5.13 Å².